The maximum absolute atomic E-state index is 11.8. The molecule has 1 unspecified atom stereocenters. The zero-order valence-corrected chi connectivity index (χ0v) is 22.5. The van der Waals surface area contributed by atoms with Crippen LogP contribution < -0.4 is 10.1 Å². The number of carbonyl (C=O) groups excluding carboxylic acids is 1. The fourth-order valence-corrected chi connectivity index (χ4v) is 4.32. The Balaban J connectivity index is 1.15. The van der Waals surface area contributed by atoms with Crippen molar-refractivity contribution in [2.45, 2.75) is 58.4 Å². The van der Waals surface area contributed by atoms with Crippen LogP contribution >= 0.6 is 0 Å². The number of hydrogen-bond donors (Lipinski definition) is 1. The number of amides is 1. The molecule has 1 atom stereocenters. The van der Waals surface area contributed by atoms with E-state index in [0.717, 1.165) is 48.4 Å². The second kappa shape index (κ2) is 11.7. The highest BCUT2D eigenvalue weighted by Gasteiger charge is 2.20. The molecule has 1 N–H and O–H groups in total. The Morgan fingerprint density at radius 2 is 1.90 bits per heavy atom. The first-order valence-corrected chi connectivity index (χ1v) is 13.2. The summed E-state index contributed by atoms with van der Waals surface area (Å²) in [5, 5.41) is 11.8. The Kier molecular flexibility index (Phi) is 7.92. The van der Waals surface area contributed by atoms with E-state index >= 15 is 0 Å². The molecule has 0 spiro atoms. The summed E-state index contributed by atoms with van der Waals surface area (Å²) in [4.78, 5) is 16.3. The summed E-state index contributed by atoms with van der Waals surface area (Å²) in [6.45, 7) is 7.23. The lowest BCUT2D eigenvalue weighted by Gasteiger charge is -2.24. The summed E-state index contributed by atoms with van der Waals surface area (Å²) in [6, 6.07) is 15.5. The van der Waals surface area contributed by atoms with Gasteiger partial charge in [-0.15, -0.1) is 0 Å². The first-order valence-electron chi connectivity index (χ1n) is 13.2. The molecule has 10 nitrogen and oxygen atoms in total. The smallest absolute Gasteiger partial charge is 0.407 e. The van der Waals surface area contributed by atoms with Crippen molar-refractivity contribution in [1.29, 1.82) is 0 Å². The molecule has 1 aliphatic heterocycles. The summed E-state index contributed by atoms with van der Waals surface area (Å²) in [5.41, 5.74) is 3.21. The number of benzene rings is 1. The van der Waals surface area contributed by atoms with Crippen molar-refractivity contribution < 1.29 is 19.0 Å². The van der Waals surface area contributed by atoms with E-state index in [2.05, 4.69) is 20.5 Å². The van der Waals surface area contributed by atoms with E-state index in [1.807, 2.05) is 80.2 Å². The van der Waals surface area contributed by atoms with Gasteiger partial charge >= 0.3 is 6.09 Å². The predicted molar refractivity (Wildman–Crippen MR) is 146 cm³/mol. The highest BCUT2D eigenvalue weighted by molar-refractivity contribution is 5.67. The lowest BCUT2D eigenvalue weighted by Crippen LogP contribution is -2.34. The minimum atomic E-state index is -0.521. The van der Waals surface area contributed by atoms with Gasteiger partial charge in [-0.25, -0.2) is 14.5 Å². The molecule has 10 heteroatoms. The van der Waals surface area contributed by atoms with Gasteiger partial charge in [-0.2, -0.15) is 10.2 Å². The van der Waals surface area contributed by atoms with Gasteiger partial charge in [-0.1, -0.05) is 0 Å². The van der Waals surface area contributed by atoms with Crippen LogP contribution in [0.1, 0.15) is 46.3 Å². The van der Waals surface area contributed by atoms with Gasteiger partial charge in [0.15, 0.2) is 6.23 Å². The van der Waals surface area contributed by atoms with Gasteiger partial charge in [-0.3, -0.25) is 4.68 Å². The molecule has 1 fully saturated rings. The second-order valence-corrected chi connectivity index (χ2v) is 10.4. The second-order valence-electron chi connectivity index (χ2n) is 10.4. The Morgan fingerprint density at radius 1 is 1.08 bits per heavy atom. The number of hydrogen-bond acceptors (Lipinski definition) is 7. The quantitative estimate of drug-likeness (QED) is 0.306. The SMILES string of the molecule is CC(C)(C)OC(=O)NCCn1ccc(-c2ccc(Oc3ccc(-c4ccnn4C4CCCCO4)cn3)cc2)n1. The number of nitrogens with one attached hydrogen (secondary N) is 1. The zero-order chi connectivity index (χ0) is 27.2. The minimum Gasteiger partial charge on any atom is -0.444 e. The van der Waals surface area contributed by atoms with Gasteiger partial charge in [-0.05, 0) is 82.5 Å². The van der Waals surface area contributed by atoms with E-state index in [1.54, 1.807) is 17.1 Å². The van der Waals surface area contributed by atoms with Crippen molar-refractivity contribution in [3.8, 4) is 34.1 Å². The number of ether oxygens (including phenoxy) is 3. The molecule has 0 radical (unpaired) electrons. The lowest BCUT2D eigenvalue weighted by atomic mass is 10.1. The molecule has 5 rings (SSSR count). The van der Waals surface area contributed by atoms with Gasteiger partial charge in [0, 0.05) is 48.9 Å². The molecule has 1 aliphatic rings. The van der Waals surface area contributed by atoms with E-state index < -0.39 is 11.7 Å². The van der Waals surface area contributed by atoms with Crippen molar-refractivity contribution >= 4 is 6.09 Å². The Hall–Kier alpha value is -4.18. The van der Waals surface area contributed by atoms with Gasteiger partial charge in [0.2, 0.25) is 5.88 Å². The van der Waals surface area contributed by atoms with Crippen LogP contribution in [0.3, 0.4) is 0 Å². The van der Waals surface area contributed by atoms with Crippen molar-refractivity contribution in [2.24, 2.45) is 0 Å². The highest BCUT2D eigenvalue weighted by atomic mass is 16.6. The van der Waals surface area contributed by atoms with Crippen molar-refractivity contribution in [2.75, 3.05) is 13.2 Å². The van der Waals surface area contributed by atoms with Crippen molar-refractivity contribution in [3.05, 3.63) is 67.1 Å². The molecule has 3 aromatic heterocycles. The number of alkyl carbamates (subject to hydrolysis) is 1. The molecule has 1 aromatic carbocycles. The molecule has 1 amide bonds. The molecule has 0 saturated carbocycles. The van der Waals surface area contributed by atoms with Gasteiger partial charge < -0.3 is 19.5 Å². The maximum atomic E-state index is 11.8. The van der Waals surface area contributed by atoms with Crippen molar-refractivity contribution in [3.63, 3.8) is 0 Å². The van der Waals surface area contributed by atoms with Gasteiger partial charge in [0.1, 0.15) is 11.4 Å². The predicted octanol–water partition coefficient (Wildman–Crippen LogP) is 5.82. The number of aromatic nitrogens is 5. The standard InChI is InChI=1S/C29H34N6O4/c1-29(2,3)39-28(36)30-16-18-34-17-14-24(33-34)21-7-10-23(11-8-21)38-26-12-9-22(20-31-26)25-13-15-32-35(25)27-6-4-5-19-37-27/h7-15,17,20,27H,4-6,16,18-19H2,1-3H3,(H,30,36). The maximum Gasteiger partial charge on any atom is 0.407 e. The van der Waals surface area contributed by atoms with Crippen LogP contribution in [-0.4, -0.2) is 49.4 Å². The summed E-state index contributed by atoms with van der Waals surface area (Å²) < 4.78 is 20.8. The topological polar surface area (TPSA) is 105 Å². The number of carbonyl (C=O) groups is 1. The van der Waals surface area contributed by atoms with E-state index in [9.17, 15) is 4.79 Å². The van der Waals surface area contributed by atoms with E-state index in [4.69, 9.17) is 14.2 Å². The number of pyridine rings is 1. The lowest BCUT2D eigenvalue weighted by molar-refractivity contribution is -0.0383. The third-order valence-corrected chi connectivity index (χ3v) is 6.15. The first kappa shape index (κ1) is 26.4. The molecule has 4 heterocycles. The third kappa shape index (κ3) is 7.02. The zero-order valence-electron chi connectivity index (χ0n) is 22.5. The Morgan fingerprint density at radius 3 is 2.62 bits per heavy atom. The van der Waals surface area contributed by atoms with Crippen LogP contribution in [0.25, 0.3) is 22.5 Å². The monoisotopic (exact) mass is 530 g/mol. The van der Waals surface area contributed by atoms with Crippen LogP contribution in [0.2, 0.25) is 0 Å². The third-order valence-electron chi connectivity index (χ3n) is 6.15. The molecule has 0 bridgehead atoms. The van der Waals surface area contributed by atoms with Crippen LogP contribution in [0, 0.1) is 0 Å². The molecule has 0 aliphatic carbocycles. The van der Waals surface area contributed by atoms with E-state index in [1.165, 1.54) is 0 Å². The number of rotatable bonds is 8. The molecule has 204 valence electrons. The normalized spacial score (nSPS) is 15.6. The average molecular weight is 531 g/mol. The van der Waals surface area contributed by atoms with Crippen LogP contribution in [0.15, 0.2) is 67.1 Å². The van der Waals surface area contributed by atoms with Crippen LogP contribution in [0.4, 0.5) is 4.79 Å². The fourth-order valence-electron chi connectivity index (χ4n) is 4.32. The van der Waals surface area contributed by atoms with Gasteiger partial charge in [0.05, 0.1) is 17.9 Å². The molecule has 39 heavy (non-hydrogen) atoms. The fraction of sp³-hybridized carbons (Fsp3) is 0.379. The molecular formula is C29H34N6O4. The van der Waals surface area contributed by atoms with Crippen molar-refractivity contribution in [1.82, 2.24) is 29.9 Å². The summed E-state index contributed by atoms with van der Waals surface area (Å²) >= 11 is 0. The highest BCUT2D eigenvalue weighted by Crippen LogP contribution is 2.29. The molecule has 4 aromatic rings. The van der Waals surface area contributed by atoms with E-state index in [0.29, 0.717) is 24.7 Å². The van der Waals surface area contributed by atoms with Crippen LogP contribution in [0.5, 0.6) is 11.6 Å². The minimum absolute atomic E-state index is 0.0292. The first-order chi connectivity index (χ1) is 18.8. The molecule has 1 saturated heterocycles. The van der Waals surface area contributed by atoms with Gasteiger partial charge in [0.25, 0.3) is 0 Å². The van der Waals surface area contributed by atoms with E-state index in [-0.39, 0.29) is 6.23 Å². The average Bonchev–Trinajstić information content (AvgIpc) is 3.60. The summed E-state index contributed by atoms with van der Waals surface area (Å²) in [5.74, 6) is 1.19. The largest absolute Gasteiger partial charge is 0.444 e. The number of nitrogens with zero attached hydrogens (tertiary/aromatic N) is 5. The Labute approximate surface area is 227 Å². The van der Waals surface area contributed by atoms with Crippen LogP contribution in [-0.2, 0) is 16.0 Å². The Bertz CT molecular complexity index is 1370. The summed E-state index contributed by atoms with van der Waals surface area (Å²) in [7, 11) is 0. The summed E-state index contributed by atoms with van der Waals surface area (Å²) in [6.07, 6.45) is 8.21. The molecular weight excluding hydrogens is 496 g/mol.